The fourth-order valence-corrected chi connectivity index (χ4v) is 1.41. The molecule has 0 atom stereocenters. The molecular formula is C4H12O3S. The van der Waals surface area contributed by atoms with E-state index >= 15 is 0 Å². The Balaban J connectivity index is 3.95. The van der Waals surface area contributed by atoms with Crippen molar-refractivity contribution in [1.82, 2.24) is 0 Å². The average Bonchev–Trinajstić information content (AvgIpc) is 1.25. The van der Waals surface area contributed by atoms with E-state index in [9.17, 15) is 4.21 Å². The second-order valence-electron chi connectivity index (χ2n) is 2.13. The molecule has 0 unspecified atom stereocenters. The standard InChI is InChI=1S/C4H12O3S/c1-3-4-8(2,5,6)7/h3-4H2,1-2H3,(H2,5,6,7). The maximum atomic E-state index is 10.5. The van der Waals surface area contributed by atoms with Crippen LogP contribution in [-0.2, 0) is 9.63 Å². The molecule has 4 heteroatoms. The van der Waals surface area contributed by atoms with Gasteiger partial charge in [0.1, 0.15) is 0 Å². The van der Waals surface area contributed by atoms with Crippen molar-refractivity contribution in [2.45, 2.75) is 13.3 Å². The van der Waals surface area contributed by atoms with Crippen LogP contribution >= 0.6 is 0 Å². The Morgan fingerprint density at radius 1 is 1.50 bits per heavy atom. The highest BCUT2D eigenvalue weighted by molar-refractivity contribution is 8.09. The molecule has 0 aliphatic heterocycles. The van der Waals surface area contributed by atoms with Gasteiger partial charge in [0.05, 0.1) is 9.63 Å². The van der Waals surface area contributed by atoms with Gasteiger partial charge in [-0.1, -0.05) is 6.92 Å². The third-order valence-corrected chi connectivity index (χ3v) is 2.02. The molecule has 0 rings (SSSR count). The van der Waals surface area contributed by atoms with Gasteiger partial charge in [0.2, 0.25) is 0 Å². The Hall–Kier alpha value is 0.0700. The molecule has 3 nitrogen and oxygen atoms in total. The van der Waals surface area contributed by atoms with Gasteiger partial charge in [-0.25, -0.2) is 4.21 Å². The van der Waals surface area contributed by atoms with E-state index in [2.05, 4.69) is 0 Å². The smallest absolute Gasteiger partial charge is 0.0798 e. The Labute approximate surface area is 49.2 Å². The summed E-state index contributed by atoms with van der Waals surface area (Å²) < 4.78 is 27.7. The van der Waals surface area contributed by atoms with Crippen LogP contribution in [0.25, 0.3) is 0 Å². The fourth-order valence-electron chi connectivity index (χ4n) is 0.470. The predicted octanol–water partition coefficient (Wildman–Crippen LogP) is 0.792. The van der Waals surface area contributed by atoms with E-state index in [0.29, 0.717) is 6.42 Å². The third-order valence-electron chi connectivity index (χ3n) is 0.674. The summed E-state index contributed by atoms with van der Waals surface area (Å²) in [6.45, 7) is 1.74. The molecule has 0 saturated heterocycles. The minimum absolute atomic E-state index is 0.0306. The number of hydrogen-bond acceptors (Lipinski definition) is 1. The lowest BCUT2D eigenvalue weighted by Crippen LogP contribution is -2.32. The molecule has 0 fully saturated rings. The van der Waals surface area contributed by atoms with Crippen LogP contribution in [0.1, 0.15) is 13.3 Å². The monoisotopic (exact) mass is 140 g/mol. The van der Waals surface area contributed by atoms with E-state index < -0.39 is 9.63 Å². The summed E-state index contributed by atoms with van der Waals surface area (Å²) >= 11 is 0. The number of rotatable bonds is 2. The number of hydrogen-bond donors (Lipinski definition) is 2. The first kappa shape index (κ1) is 8.07. The summed E-state index contributed by atoms with van der Waals surface area (Å²) in [5.41, 5.74) is 0. The molecule has 8 heavy (non-hydrogen) atoms. The normalized spacial score (nSPS) is 17.2. The van der Waals surface area contributed by atoms with Gasteiger partial charge in [-0.15, -0.1) is 0 Å². The highest BCUT2D eigenvalue weighted by Crippen LogP contribution is 2.10. The average molecular weight is 140 g/mol. The summed E-state index contributed by atoms with van der Waals surface area (Å²) in [5.74, 6) is -0.0306. The first-order chi connectivity index (χ1) is 3.31. The second kappa shape index (κ2) is 1.79. The zero-order valence-corrected chi connectivity index (χ0v) is 5.94. The molecule has 0 aromatic carbocycles. The van der Waals surface area contributed by atoms with Gasteiger partial charge in [0.15, 0.2) is 0 Å². The molecular weight excluding hydrogens is 128 g/mol. The maximum Gasteiger partial charge on any atom is 0.0798 e. The van der Waals surface area contributed by atoms with E-state index in [4.69, 9.17) is 9.11 Å². The quantitative estimate of drug-likeness (QED) is 0.596. The van der Waals surface area contributed by atoms with Gasteiger partial charge in [-0.3, -0.25) is 0 Å². The van der Waals surface area contributed by atoms with Crippen molar-refractivity contribution in [3.05, 3.63) is 0 Å². The second-order valence-corrected chi connectivity index (χ2v) is 5.39. The van der Waals surface area contributed by atoms with Gasteiger partial charge < -0.3 is 9.11 Å². The molecule has 2 N–H and O–H groups in total. The van der Waals surface area contributed by atoms with Gasteiger partial charge in [0.25, 0.3) is 0 Å². The van der Waals surface area contributed by atoms with Crippen molar-refractivity contribution >= 4 is 9.63 Å². The molecule has 0 aliphatic carbocycles. The summed E-state index contributed by atoms with van der Waals surface area (Å²) in [4.78, 5) is 0. The molecule has 0 bridgehead atoms. The van der Waals surface area contributed by atoms with Crippen LogP contribution in [0.4, 0.5) is 0 Å². The molecule has 0 aromatic rings. The highest BCUT2D eigenvalue weighted by Gasteiger charge is 2.19. The van der Waals surface area contributed by atoms with Crippen LogP contribution in [-0.4, -0.2) is 25.3 Å². The van der Waals surface area contributed by atoms with Crippen LogP contribution < -0.4 is 0 Å². The molecule has 0 aliphatic rings. The van der Waals surface area contributed by atoms with E-state index in [1.54, 1.807) is 6.92 Å². The minimum Gasteiger partial charge on any atom is -0.308 e. The Morgan fingerprint density at radius 2 is 1.88 bits per heavy atom. The van der Waals surface area contributed by atoms with Gasteiger partial charge in [-0.2, -0.15) is 0 Å². The Morgan fingerprint density at radius 3 is 1.88 bits per heavy atom. The molecule has 0 amide bonds. The fraction of sp³-hybridized carbons (Fsp3) is 1.00. The lowest BCUT2D eigenvalue weighted by molar-refractivity contribution is 0.398. The summed E-state index contributed by atoms with van der Waals surface area (Å²) in [6, 6.07) is 0. The van der Waals surface area contributed by atoms with E-state index in [0.717, 1.165) is 6.26 Å². The Bertz CT molecular complexity index is 123. The van der Waals surface area contributed by atoms with E-state index in [1.165, 1.54) is 0 Å². The van der Waals surface area contributed by atoms with Gasteiger partial charge in [0, 0.05) is 12.0 Å². The summed E-state index contributed by atoms with van der Waals surface area (Å²) in [7, 11) is -4.14. The Kier molecular flexibility index (Phi) is 1.80. The summed E-state index contributed by atoms with van der Waals surface area (Å²) in [5, 5.41) is 0. The molecule has 52 valence electrons. The zero-order valence-electron chi connectivity index (χ0n) is 5.13. The van der Waals surface area contributed by atoms with Crippen molar-refractivity contribution in [3.63, 3.8) is 0 Å². The summed E-state index contributed by atoms with van der Waals surface area (Å²) in [6.07, 6.45) is 1.48. The van der Waals surface area contributed by atoms with Crippen LogP contribution in [0.2, 0.25) is 0 Å². The molecule has 0 spiro atoms. The van der Waals surface area contributed by atoms with Gasteiger partial charge >= 0.3 is 0 Å². The van der Waals surface area contributed by atoms with E-state index in [1.807, 2.05) is 0 Å². The van der Waals surface area contributed by atoms with Crippen LogP contribution in [0, 0.1) is 0 Å². The lowest BCUT2D eigenvalue weighted by Gasteiger charge is -2.23. The zero-order chi connectivity index (χ0) is 6.86. The predicted molar refractivity (Wildman–Crippen MR) is 34.5 cm³/mol. The molecule has 0 radical (unpaired) electrons. The third kappa shape index (κ3) is 6.07. The highest BCUT2D eigenvalue weighted by atomic mass is 32.3. The first-order valence-corrected chi connectivity index (χ1v) is 4.89. The topological polar surface area (TPSA) is 57.5 Å². The van der Waals surface area contributed by atoms with Crippen molar-refractivity contribution in [2.75, 3.05) is 12.0 Å². The van der Waals surface area contributed by atoms with Crippen molar-refractivity contribution in [3.8, 4) is 0 Å². The van der Waals surface area contributed by atoms with Crippen LogP contribution in [0.15, 0.2) is 0 Å². The van der Waals surface area contributed by atoms with Crippen LogP contribution in [0.3, 0.4) is 0 Å². The minimum atomic E-state index is -4.14. The van der Waals surface area contributed by atoms with Crippen molar-refractivity contribution in [2.24, 2.45) is 0 Å². The van der Waals surface area contributed by atoms with E-state index in [-0.39, 0.29) is 5.75 Å². The first-order valence-electron chi connectivity index (χ1n) is 2.44. The lowest BCUT2D eigenvalue weighted by atomic mass is 10.6. The van der Waals surface area contributed by atoms with Gasteiger partial charge in [-0.05, 0) is 6.42 Å². The molecule has 0 saturated carbocycles. The molecule has 0 heterocycles. The maximum absolute atomic E-state index is 10.5. The van der Waals surface area contributed by atoms with Crippen molar-refractivity contribution in [1.29, 1.82) is 0 Å². The largest absolute Gasteiger partial charge is 0.308 e. The van der Waals surface area contributed by atoms with Crippen LogP contribution in [0.5, 0.6) is 0 Å². The SMILES string of the molecule is CCCS(C)(=O)(O)O. The van der Waals surface area contributed by atoms with Crippen molar-refractivity contribution < 1.29 is 13.3 Å². The molecule has 0 aromatic heterocycles.